The Bertz CT molecular complexity index is 1060. The van der Waals surface area contributed by atoms with Crippen LogP contribution < -0.4 is 10.2 Å². The normalized spacial score (nSPS) is 13.8. The van der Waals surface area contributed by atoms with E-state index in [4.69, 9.17) is 0 Å². The molecule has 2 rings (SSSR count). The number of rotatable bonds is 10. The summed E-state index contributed by atoms with van der Waals surface area (Å²) in [5.41, 5.74) is 6.31. The third-order valence-corrected chi connectivity index (χ3v) is 6.62. The van der Waals surface area contributed by atoms with E-state index in [1.54, 1.807) is 6.08 Å². The van der Waals surface area contributed by atoms with Crippen molar-refractivity contribution < 1.29 is 5.11 Å². The van der Waals surface area contributed by atoms with Crippen LogP contribution in [0, 0.1) is 5.92 Å². The number of phenolic OH excluding ortho intramolecular Hbond substituents is 1. The average Bonchev–Trinajstić information content (AvgIpc) is 2.77. The van der Waals surface area contributed by atoms with Crippen molar-refractivity contribution in [2.45, 2.75) is 99.1 Å². The third kappa shape index (κ3) is 8.84. The fraction of sp³-hybridized carbons (Fsp3) is 0.471. The minimum atomic E-state index is -0.145. The Morgan fingerprint density at radius 2 is 1.49 bits per heavy atom. The van der Waals surface area contributed by atoms with Crippen LogP contribution in [0.4, 0.5) is 11.4 Å². The van der Waals surface area contributed by atoms with Crippen molar-refractivity contribution in [1.29, 1.82) is 0 Å². The fourth-order valence-corrected chi connectivity index (χ4v) is 4.72. The summed E-state index contributed by atoms with van der Waals surface area (Å²) in [4.78, 5) is 2.50. The molecule has 0 aliphatic rings. The van der Waals surface area contributed by atoms with E-state index in [0.29, 0.717) is 17.7 Å². The smallest absolute Gasteiger partial charge is 0.123 e. The van der Waals surface area contributed by atoms with E-state index in [-0.39, 0.29) is 10.8 Å². The minimum Gasteiger partial charge on any atom is -0.507 e. The lowest BCUT2D eigenvalue weighted by atomic mass is 9.78. The highest BCUT2D eigenvalue weighted by Gasteiger charge is 2.27. The van der Waals surface area contributed by atoms with Crippen LogP contribution in [0.1, 0.15) is 92.3 Å². The summed E-state index contributed by atoms with van der Waals surface area (Å²) in [5, 5.41) is 14.7. The molecule has 3 heteroatoms. The maximum absolute atomic E-state index is 11.2. The van der Waals surface area contributed by atoms with Gasteiger partial charge in [0.25, 0.3) is 0 Å². The summed E-state index contributed by atoms with van der Waals surface area (Å²) in [6, 6.07) is 13.5. The van der Waals surface area contributed by atoms with E-state index < -0.39 is 0 Å². The SMILES string of the molecule is C=C/C=C\C=C(/C)Nc1ccc(N(Cc2cc(C(C)(C)C)c(O)c(C(C)(C)C)c2)C(C)CC(C)C)cc1. The zero-order valence-electron chi connectivity index (χ0n) is 24.9. The molecule has 0 fully saturated rings. The first-order valence-electron chi connectivity index (χ1n) is 13.6. The van der Waals surface area contributed by atoms with E-state index in [0.717, 1.165) is 35.5 Å². The van der Waals surface area contributed by atoms with Gasteiger partial charge >= 0.3 is 0 Å². The van der Waals surface area contributed by atoms with Gasteiger partial charge in [-0.3, -0.25) is 0 Å². The van der Waals surface area contributed by atoms with E-state index in [1.807, 2.05) is 18.2 Å². The molecule has 37 heavy (non-hydrogen) atoms. The molecule has 0 radical (unpaired) electrons. The number of phenols is 1. The lowest BCUT2D eigenvalue weighted by Crippen LogP contribution is -2.34. The highest BCUT2D eigenvalue weighted by molar-refractivity contribution is 5.58. The molecule has 0 aliphatic heterocycles. The Kier molecular flexibility index (Phi) is 10.3. The molecule has 0 aliphatic carbocycles. The van der Waals surface area contributed by atoms with Crippen LogP contribution in [0.15, 0.2) is 73.0 Å². The van der Waals surface area contributed by atoms with Gasteiger partial charge in [-0.05, 0) is 96.2 Å². The van der Waals surface area contributed by atoms with Crippen LogP contribution >= 0.6 is 0 Å². The van der Waals surface area contributed by atoms with Crippen molar-refractivity contribution in [1.82, 2.24) is 0 Å². The van der Waals surface area contributed by atoms with Crippen molar-refractivity contribution in [3.63, 3.8) is 0 Å². The summed E-state index contributed by atoms with van der Waals surface area (Å²) < 4.78 is 0. The highest BCUT2D eigenvalue weighted by atomic mass is 16.3. The molecule has 3 nitrogen and oxygen atoms in total. The molecular weight excluding hydrogens is 452 g/mol. The summed E-state index contributed by atoms with van der Waals surface area (Å²) in [7, 11) is 0. The molecule has 2 aromatic rings. The van der Waals surface area contributed by atoms with E-state index >= 15 is 0 Å². The number of hydrogen-bond acceptors (Lipinski definition) is 3. The maximum Gasteiger partial charge on any atom is 0.123 e. The first-order valence-corrected chi connectivity index (χ1v) is 13.6. The zero-order valence-corrected chi connectivity index (χ0v) is 24.9. The highest BCUT2D eigenvalue weighted by Crippen LogP contribution is 2.40. The van der Waals surface area contributed by atoms with Crippen LogP contribution in [0.25, 0.3) is 0 Å². The number of aromatic hydroxyl groups is 1. The molecule has 0 heterocycles. The quantitative estimate of drug-likeness (QED) is 0.318. The van der Waals surface area contributed by atoms with Gasteiger partial charge in [-0.1, -0.05) is 80.2 Å². The largest absolute Gasteiger partial charge is 0.507 e. The van der Waals surface area contributed by atoms with Crippen molar-refractivity contribution in [3.8, 4) is 5.75 Å². The molecule has 0 saturated carbocycles. The maximum atomic E-state index is 11.2. The predicted octanol–water partition coefficient (Wildman–Crippen LogP) is 9.49. The van der Waals surface area contributed by atoms with Crippen LogP contribution in [0.5, 0.6) is 5.75 Å². The zero-order chi connectivity index (χ0) is 28.0. The monoisotopic (exact) mass is 502 g/mol. The number of benzene rings is 2. The molecule has 1 unspecified atom stereocenters. The summed E-state index contributed by atoms with van der Waals surface area (Å²) in [6.07, 6.45) is 8.81. The molecule has 2 aromatic carbocycles. The molecule has 202 valence electrons. The van der Waals surface area contributed by atoms with Gasteiger partial charge in [0.15, 0.2) is 0 Å². The number of allylic oxidation sites excluding steroid dienone is 5. The van der Waals surface area contributed by atoms with Crippen molar-refractivity contribution in [3.05, 3.63) is 89.7 Å². The van der Waals surface area contributed by atoms with Crippen molar-refractivity contribution in [2.24, 2.45) is 5.92 Å². The Labute approximate surface area is 227 Å². The third-order valence-electron chi connectivity index (χ3n) is 6.62. The van der Waals surface area contributed by atoms with E-state index in [9.17, 15) is 5.11 Å². The van der Waals surface area contributed by atoms with Gasteiger partial charge in [0.05, 0.1) is 0 Å². The number of nitrogens with one attached hydrogen (secondary N) is 1. The number of nitrogens with zero attached hydrogens (tertiary/aromatic N) is 1. The first-order chi connectivity index (χ1) is 17.1. The Balaban J connectivity index is 2.48. The standard InChI is InChI=1S/C34H50N2O/c1-12-13-14-15-25(4)35-28-16-18-29(19-17-28)36(26(5)20-24(2)3)23-27-21-30(33(6,7)8)32(37)31(22-27)34(9,10)11/h12-19,21-22,24,26,35,37H,1,20,23H2,2-11H3/b14-13-,25-15+. The Morgan fingerprint density at radius 3 is 1.95 bits per heavy atom. The first kappa shape index (κ1) is 30.3. The van der Waals surface area contributed by atoms with Crippen LogP contribution in [0.3, 0.4) is 0 Å². The second-order valence-electron chi connectivity index (χ2n) is 12.8. The molecule has 2 N–H and O–H groups in total. The molecule has 0 bridgehead atoms. The molecule has 0 spiro atoms. The van der Waals surface area contributed by atoms with Gasteiger partial charge in [-0.15, -0.1) is 0 Å². The van der Waals surface area contributed by atoms with E-state index in [1.165, 1.54) is 11.3 Å². The van der Waals surface area contributed by atoms with Gasteiger partial charge in [0.1, 0.15) is 5.75 Å². The summed E-state index contributed by atoms with van der Waals surface area (Å²) >= 11 is 0. The van der Waals surface area contributed by atoms with Crippen LogP contribution in [0.2, 0.25) is 0 Å². The van der Waals surface area contributed by atoms with Gasteiger partial charge < -0.3 is 15.3 Å². The molecule has 0 aromatic heterocycles. The molecule has 0 amide bonds. The Hall–Kier alpha value is -2.94. The fourth-order valence-electron chi connectivity index (χ4n) is 4.72. The van der Waals surface area contributed by atoms with Gasteiger partial charge in [-0.2, -0.15) is 0 Å². The summed E-state index contributed by atoms with van der Waals surface area (Å²) in [5.74, 6) is 1.04. The molecular formula is C34H50N2O. The molecule has 1 atom stereocenters. The second-order valence-corrected chi connectivity index (χ2v) is 12.8. The minimum absolute atomic E-state index is 0.145. The lowest BCUT2D eigenvalue weighted by Gasteiger charge is -2.34. The van der Waals surface area contributed by atoms with Gasteiger partial charge in [0.2, 0.25) is 0 Å². The average molecular weight is 503 g/mol. The molecule has 0 saturated heterocycles. The van der Waals surface area contributed by atoms with Crippen molar-refractivity contribution >= 4 is 11.4 Å². The van der Waals surface area contributed by atoms with Crippen molar-refractivity contribution in [2.75, 3.05) is 10.2 Å². The topological polar surface area (TPSA) is 35.5 Å². The van der Waals surface area contributed by atoms with Crippen LogP contribution in [-0.2, 0) is 17.4 Å². The Morgan fingerprint density at radius 1 is 0.946 bits per heavy atom. The number of anilines is 2. The van der Waals surface area contributed by atoms with Gasteiger partial charge in [-0.25, -0.2) is 0 Å². The summed E-state index contributed by atoms with van der Waals surface area (Å²) in [6.45, 7) is 26.5. The van der Waals surface area contributed by atoms with Crippen LogP contribution in [-0.4, -0.2) is 11.1 Å². The lowest BCUT2D eigenvalue weighted by molar-refractivity contribution is 0.422. The second kappa shape index (κ2) is 12.5. The number of hydrogen-bond donors (Lipinski definition) is 2. The van der Waals surface area contributed by atoms with E-state index in [2.05, 4.69) is 122 Å². The predicted molar refractivity (Wildman–Crippen MR) is 164 cm³/mol. The van der Waals surface area contributed by atoms with Gasteiger partial charge in [0, 0.05) is 29.7 Å².